The van der Waals surface area contributed by atoms with Crippen molar-refractivity contribution in [3.63, 3.8) is 0 Å². The van der Waals surface area contributed by atoms with E-state index in [0.717, 1.165) is 16.7 Å². The van der Waals surface area contributed by atoms with Crippen LogP contribution in [0.3, 0.4) is 0 Å². The van der Waals surface area contributed by atoms with E-state index in [2.05, 4.69) is 39.6 Å². The van der Waals surface area contributed by atoms with Crippen LogP contribution >= 0.6 is 0 Å². The van der Waals surface area contributed by atoms with Gasteiger partial charge in [-0.05, 0) is 35.7 Å². The Bertz CT molecular complexity index is 1120. The highest BCUT2D eigenvalue weighted by molar-refractivity contribution is 7.89. The molecule has 0 amide bonds. The first-order valence-electron chi connectivity index (χ1n) is 9.70. The molecule has 0 radical (unpaired) electrons. The highest BCUT2D eigenvalue weighted by Gasteiger charge is 2.49. The molecule has 2 aromatic carbocycles. The van der Waals surface area contributed by atoms with Crippen LogP contribution in [0.4, 0.5) is 0 Å². The number of rotatable bonds is 4. The number of piperidine rings is 1. The summed E-state index contributed by atoms with van der Waals surface area (Å²) in [6.07, 6.45) is 5.13. The number of fused-ring (bicyclic) bond motifs is 2. The van der Waals surface area contributed by atoms with Crippen LogP contribution in [0.2, 0.25) is 0 Å². The van der Waals surface area contributed by atoms with Gasteiger partial charge in [0.15, 0.2) is 0 Å². The maximum Gasteiger partial charge on any atom is 0.243 e. The van der Waals surface area contributed by atoms with Gasteiger partial charge in [0, 0.05) is 49.0 Å². The van der Waals surface area contributed by atoms with Gasteiger partial charge in [-0.3, -0.25) is 0 Å². The van der Waals surface area contributed by atoms with Gasteiger partial charge in [0.2, 0.25) is 10.0 Å². The molecule has 29 heavy (non-hydrogen) atoms. The van der Waals surface area contributed by atoms with Crippen molar-refractivity contribution in [1.29, 1.82) is 0 Å². The number of piperazine rings is 1. The molecule has 1 aromatic heterocycles. The first-order chi connectivity index (χ1) is 14.0. The topological polar surface area (TPSA) is 75.2 Å². The maximum absolute atomic E-state index is 13.0. The summed E-state index contributed by atoms with van der Waals surface area (Å²) in [4.78, 5) is 8.52. The lowest BCUT2D eigenvalue weighted by atomic mass is 9.75. The van der Waals surface area contributed by atoms with Crippen LogP contribution in [0.15, 0.2) is 72.1 Å². The van der Waals surface area contributed by atoms with Gasteiger partial charge in [0.05, 0.1) is 4.90 Å². The Morgan fingerprint density at radius 3 is 2.31 bits per heavy atom. The second kappa shape index (κ2) is 7.02. The van der Waals surface area contributed by atoms with E-state index in [4.69, 9.17) is 0 Å². The molecule has 3 aromatic rings. The predicted octanol–water partition coefficient (Wildman–Crippen LogP) is 2.58. The summed E-state index contributed by atoms with van der Waals surface area (Å²) in [5.41, 5.74) is 4.26. The Hall–Kier alpha value is -2.61. The first kappa shape index (κ1) is 18.4. The van der Waals surface area contributed by atoms with E-state index < -0.39 is 10.0 Å². The lowest BCUT2D eigenvalue weighted by Gasteiger charge is -2.54. The number of nitrogens with one attached hydrogen (secondary N) is 1. The standard InChI is InChI=1S/C22H22N4O2S/c1-15-3-2-4-19(9-15)29(27,28)26-12-20-22(21(13-26)25-20)17-7-5-16(6-8-17)18-10-23-14-24-11-18/h2-11,14,20-22,25H,12-13H2,1H3/t20-,21+,22?. The van der Waals surface area contributed by atoms with Crippen molar-refractivity contribution >= 4 is 10.0 Å². The van der Waals surface area contributed by atoms with E-state index in [1.165, 1.54) is 11.9 Å². The van der Waals surface area contributed by atoms with Crippen LogP contribution in [0.5, 0.6) is 0 Å². The maximum atomic E-state index is 13.0. The molecule has 3 aliphatic heterocycles. The number of benzene rings is 2. The van der Waals surface area contributed by atoms with E-state index in [9.17, 15) is 8.42 Å². The molecule has 4 heterocycles. The summed E-state index contributed by atoms with van der Waals surface area (Å²) in [5.74, 6) is 0.333. The van der Waals surface area contributed by atoms with Crippen LogP contribution in [0.25, 0.3) is 11.1 Å². The lowest BCUT2D eigenvalue weighted by molar-refractivity contribution is 0.102. The summed E-state index contributed by atoms with van der Waals surface area (Å²) in [5, 5.41) is 3.51. The van der Waals surface area contributed by atoms with Crippen molar-refractivity contribution in [1.82, 2.24) is 19.6 Å². The van der Waals surface area contributed by atoms with Gasteiger partial charge in [0.25, 0.3) is 0 Å². The third kappa shape index (κ3) is 3.25. The molecule has 1 unspecified atom stereocenters. The van der Waals surface area contributed by atoms with Crippen LogP contribution < -0.4 is 5.32 Å². The number of hydrogen-bond donors (Lipinski definition) is 1. The van der Waals surface area contributed by atoms with Crippen molar-refractivity contribution in [3.05, 3.63) is 78.4 Å². The Morgan fingerprint density at radius 1 is 0.966 bits per heavy atom. The molecule has 3 fully saturated rings. The fraction of sp³-hybridized carbons (Fsp3) is 0.273. The third-order valence-corrected chi connectivity index (χ3v) is 7.74. The molecule has 3 atom stereocenters. The minimum absolute atomic E-state index is 0.138. The molecule has 0 aliphatic carbocycles. The van der Waals surface area contributed by atoms with Gasteiger partial charge < -0.3 is 5.32 Å². The van der Waals surface area contributed by atoms with Gasteiger partial charge >= 0.3 is 0 Å². The molecule has 0 saturated carbocycles. The third-order valence-electron chi connectivity index (χ3n) is 5.91. The number of aromatic nitrogens is 2. The van der Waals surface area contributed by atoms with Crippen LogP contribution in [-0.4, -0.2) is 47.9 Å². The van der Waals surface area contributed by atoms with Crippen LogP contribution in [0, 0.1) is 6.92 Å². The Balaban J connectivity index is 1.33. The second-order valence-electron chi connectivity index (χ2n) is 7.79. The van der Waals surface area contributed by atoms with Crippen LogP contribution in [-0.2, 0) is 10.0 Å². The van der Waals surface area contributed by atoms with Gasteiger partial charge in [-0.1, -0.05) is 36.4 Å². The largest absolute Gasteiger partial charge is 0.307 e. The van der Waals surface area contributed by atoms with E-state index in [-0.39, 0.29) is 12.1 Å². The Morgan fingerprint density at radius 2 is 1.66 bits per heavy atom. The molecule has 148 valence electrons. The monoisotopic (exact) mass is 406 g/mol. The lowest BCUT2D eigenvalue weighted by Crippen LogP contribution is -2.72. The highest BCUT2D eigenvalue weighted by Crippen LogP contribution is 2.39. The molecular weight excluding hydrogens is 384 g/mol. The number of nitrogens with zero attached hydrogens (tertiary/aromatic N) is 3. The molecule has 3 saturated heterocycles. The van der Waals surface area contributed by atoms with E-state index in [1.54, 1.807) is 34.9 Å². The SMILES string of the molecule is Cc1cccc(S(=O)(=O)N2C[C@@H]3N[C@H](C2)C3c2ccc(-c3cncnc3)cc2)c1. The van der Waals surface area contributed by atoms with Crippen molar-refractivity contribution in [2.45, 2.75) is 29.8 Å². The summed E-state index contributed by atoms with van der Waals surface area (Å²) in [6.45, 7) is 2.90. The average molecular weight is 407 g/mol. The summed E-state index contributed by atoms with van der Waals surface area (Å²) in [7, 11) is -3.46. The predicted molar refractivity (Wildman–Crippen MR) is 111 cm³/mol. The Labute approximate surface area is 170 Å². The van der Waals surface area contributed by atoms with Crippen molar-refractivity contribution in [3.8, 4) is 11.1 Å². The average Bonchev–Trinajstić information content (AvgIpc) is 2.75. The van der Waals surface area contributed by atoms with Gasteiger partial charge in [-0.25, -0.2) is 18.4 Å². The van der Waals surface area contributed by atoms with E-state index in [1.807, 2.05) is 13.0 Å². The quantitative estimate of drug-likeness (QED) is 0.721. The van der Waals surface area contributed by atoms with E-state index >= 15 is 0 Å². The molecule has 3 aliphatic rings. The zero-order valence-corrected chi connectivity index (χ0v) is 16.9. The van der Waals surface area contributed by atoms with Crippen molar-refractivity contribution in [2.75, 3.05) is 13.1 Å². The smallest absolute Gasteiger partial charge is 0.243 e. The number of hydrogen-bond acceptors (Lipinski definition) is 5. The van der Waals surface area contributed by atoms with Gasteiger partial charge in [0.1, 0.15) is 6.33 Å². The second-order valence-corrected chi connectivity index (χ2v) is 9.73. The Kier molecular flexibility index (Phi) is 4.46. The zero-order valence-electron chi connectivity index (χ0n) is 16.1. The van der Waals surface area contributed by atoms with Crippen LogP contribution in [0.1, 0.15) is 17.0 Å². The van der Waals surface area contributed by atoms with Crippen molar-refractivity contribution in [2.24, 2.45) is 0 Å². The highest BCUT2D eigenvalue weighted by atomic mass is 32.2. The molecular formula is C22H22N4O2S. The molecule has 2 bridgehead atoms. The van der Waals surface area contributed by atoms with Gasteiger partial charge in [-0.2, -0.15) is 4.31 Å². The van der Waals surface area contributed by atoms with E-state index in [0.29, 0.717) is 23.9 Å². The summed E-state index contributed by atoms with van der Waals surface area (Å²) < 4.78 is 27.7. The summed E-state index contributed by atoms with van der Waals surface area (Å²) >= 11 is 0. The summed E-state index contributed by atoms with van der Waals surface area (Å²) in [6, 6.07) is 15.9. The fourth-order valence-electron chi connectivity index (χ4n) is 4.42. The molecule has 0 spiro atoms. The molecule has 6 nitrogen and oxygen atoms in total. The minimum atomic E-state index is -3.46. The number of aryl methyl sites for hydroxylation is 1. The zero-order chi connectivity index (χ0) is 20.0. The molecule has 6 rings (SSSR count). The van der Waals surface area contributed by atoms with Crippen molar-refractivity contribution < 1.29 is 8.42 Å². The first-order valence-corrected chi connectivity index (χ1v) is 11.1. The van der Waals surface area contributed by atoms with Gasteiger partial charge in [-0.15, -0.1) is 0 Å². The normalized spacial score (nSPS) is 24.1. The number of sulfonamides is 1. The molecule has 7 heteroatoms. The molecule has 1 N–H and O–H groups in total. The fourth-order valence-corrected chi connectivity index (χ4v) is 6.02. The minimum Gasteiger partial charge on any atom is -0.307 e.